The lowest BCUT2D eigenvalue weighted by molar-refractivity contribution is -0.113. The van der Waals surface area contributed by atoms with Crippen LogP contribution in [0.1, 0.15) is 0 Å². The van der Waals surface area contributed by atoms with Crippen molar-refractivity contribution in [1.29, 1.82) is 0 Å². The monoisotopic (exact) mass is 458 g/mol. The number of H-pyrrole nitrogens is 1. The van der Waals surface area contributed by atoms with Gasteiger partial charge in [-0.15, -0.1) is 0 Å². The average molecular weight is 459 g/mol. The largest absolute Gasteiger partial charge is 0.333 e. The maximum absolute atomic E-state index is 12.3. The number of halogens is 2. The lowest BCUT2D eigenvalue weighted by Crippen LogP contribution is -2.22. The van der Waals surface area contributed by atoms with E-state index < -0.39 is 10.0 Å². The van der Waals surface area contributed by atoms with Crippen LogP contribution in [0, 0.1) is 0 Å². The topological polar surface area (TPSA) is 95.2 Å². The van der Waals surface area contributed by atoms with E-state index in [9.17, 15) is 13.2 Å². The molecule has 1 heterocycles. The van der Waals surface area contributed by atoms with E-state index in [1.165, 1.54) is 44.1 Å². The standard InChI is InChI=1S/C17H16Cl2N4O3S2/c1-23(2)28(25,26)11-4-5-12(19)14(8-11)20-16(24)9-27-17-21-13-6-3-10(18)7-15(13)22-17/h3-8H,9H2,1-2H3,(H,20,24)(H,21,22). The van der Waals surface area contributed by atoms with E-state index in [2.05, 4.69) is 15.3 Å². The SMILES string of the molecule is CN(C)S(=O)(=O)c1ccc(Cl)c(NC(=O)CSc2nc3ccc(Cl)cc3[nH]2)c1. The van der Waals surface area contributed by atoms with E-state index in [0.29, 0.717) is 10.2 Å². The molecule has 0 spiro atoms. The van der Waals surface area contributed by atoms with Gasteiger partial charge in [0.1, 0.15) is 0 Å². The Morgan fingerprint density at radius 2 is 1.96 bits per heavy atom. The Labute approximate surface area is 176 Å². The fourth-order valence-electron chi connectivity index (χ4n) is 2.32. The van der Waals surface area contributed by atoms with Crippen molar-refractivity contribution in [2.45, 2.75) is 10.1 Å². The second kappa shape index (κ2) is 8.30. The molecule has 0 saturated heterocycles. The van der Waals surface area contributed by atoms with Gasteiger partial charge in [-0.3, -0.25) is 4.79 Å². The van der Waals surface area contributed by atoms with Gasteiger partial charge >= 0.3 is 0 Å². The minimum atomic E-state index is -3.63. The number of nitrogens with zero attached hydrogens (tertiary/aromatic N) is 2. The minimum absolute atomic E-state index is 0.0408. The van der Waals surface area contributed by atoms with Gasteiger partial charge in [0.25, 0.3) is 0 Å². The summed E-state index contributed by atoms with van der Waals surface area (Å²) in [5.41, 5.74) is 1.75. The molecule has 148 valence electrons. The maximum atomic E-state index is 12.3. The van der Waals surface area contributed by atoms with Gasteiger partial charge in [-0.25, -0.2) is 17.7 Å². The van der Waals surface area contributed by atoms with Crippen molar-refractivity contribution < 1.29 is 13.2 Å². The highest BCUT2D eigenvalue weighted by Crippen LogP contribution is 2.27. The number of carbonyl (C=O) groups is 1. The fourth-order valence-corrected chi connectivity index (χ4v) is 4.27. The van der Waals surface area contributed by atoms with Crippen LogP contribution >= 0.6 is 35.0 Å². The Balaban J connectivity index is 1.70. The van der Waals surface area contributed by atoms with Crippen LogP contribution in [0.15, 0.2) is 46.5 Å². The molecule has 0 aliphatic carbocycles. The molecule has 3 rings (SSSR count). The third kappa shape index (κ3) is 4.61. The summed E-state index contributed by atoms with van der Waals surface area (Å²) in [4.78, 5) is 19.8. The van der Waals surface area contributed by atoms with Crippen LogP contribution in [0.25, 0.3) is 11.0 Å². The van der Waals surface area contributed by atoms with Gasteiger partial charge in [0.15, 0.2) is 5.16 Å². The van der Waals surface area contributed by atoms with Crippen LogP contribution < -0.4 is 5.32 Å². The van der Waals surface area contributed by atoms with Crippen molar-refractivity contribution in [2.24, 2.45) is 0 Å². The molecule has 0 unspecified atom stereocenters. The highest BCUT2D eigenvalue weighted by atomic mass is 35.5. The first-order valence-electron chi connectivity index (χ1n) is 7.97. The highest BCUT2D eigenvalue weighted by Gasteiger charge is 2.19. The molecular weight excluding hydrogens is 443 g/mol. The summed E-state index contributed by atoms with van der Waals surface area (Å²) in [6, 6.07) is 9.44. The summed E-state index contributed by atoms with van der Waals surface area (Å²) in [7, 11) is -0.773. The van der Waals surface area contributed by atoms with Gasteiger partial charge in [0, 0.05) is 19.1 Å². The molecule has 1 amide bonds. The number of rotatable bonds is 6. The normalized spacial score (nSPS) is 11.9. The molecule has 2 N–H and O–H groups in total. The van der Waals surface area contributed by atoms with E-state index in [1.54, 1.807) is 18.2 Å². The summed E-state index contributed by atoms with van der Waals surface area (Å²) in [5.74, 6) is -0.279. The Kier molecular flexibility index (Phi) is 6.21. The number of aromatic nitrogens is 2. The molecule has 0 radical (unpaired) electrons. The Bertz CT molecular complexity index is 1150. The molecule has 11 heteroatoms. The summed E-state index contributed by atoms with van der Waals surface area (Å²) < 4.78 is 25.6. The highest BCUT2D eigenvalue weighted by molar-refractivity contribution is 7.99. The summed E-state index contributed by atoms with van der Waals surface area (Å²) in [5, 5.41) is 4.04. The van der Waals surface area contributed by atoms with Gasteiger partial charge in [-0.1, -0.05) is 35.0 Å². The number of thioether (sulfide) groups is 1. The molecule has 7 nitrogen and oxygen atoms in total. The Morgan fingerprint density at radius 3 is 2.68 bits per heavy atom. The van der Waals surface area contributed by atoms with E-state index >= 15 is 0 Å². The third-order valence-electron chi connectivity index (χ3n) is 3.75. The molecule has 0 saturated carbocycles. The number of sulfonamides is 1. The van der Waals surface area contributed by atoms with Crippen LogP contribution in [0.3, 0.4) is 0 Å². The average Bonchev–Trinajstić information content (AvgIpc) is 3.03. The van der Waals surface area contributed by atoms with Gasteiger partial charge in [0.05, 0.1) is 32.4 Å². The zero-order valence-corrected chi connectivity index (χ0v) is 18.0. The molecular formula is C17H16Cl2N4O3S2. The number of amides is 1. The van der Waals surface area contributed by atoms with Crippen molar-refractivity contribution in [3.05, 3.63) is 46.4 Å². The van der Waals surface area contributed by atoms with Gasteiger partial charge in [-0.05, 0) is 36.4 Å². The van der Waals surface area contributed by atoms with Crippen molar-refractivity contribution >= 4 is 67.6 Å². The first-order chi connectivity index (χ1) is 13.2. The summed E-state index contributed by atoms with van der Waals surface area (Å²) in [6.07, 6.45) is 0. The van der Waals surface area contributed by atoms with Crippen LogP contribution in [-0.4, -0.2) is 48.4 Å². The first-order valence-corrected chi connectivity index (χ1v) is 11.1. The summed E-state index contributed by atoms with van der Waals surface area (Å²) in [6.45, 7) is 0. The Morgan fingerprint density at radius 1 is 1.21 bits per heavy atom. The zero-order valence-electron chi connectivity index (χ0n) is 14.9. The quantitative estimate of drug-likeness (QED) is 0.546. The molecule has 0 aliphatic rings. The van der Waals surface area contributed by atoms with Crippen molar-refractivity contribution in [3.8, 4) is 0 Å². The lowest BCUT2D eigenvalue weighted by Gasteiger charge is -2.13. The number of anilines is 1. The van der Waals surface area contributed by atoms with Gasteiger partial charge in [-0.2, -0.15) is 0 Å². The molecule has 28 heavy (non-hydrogen) atoms. The number of carbonyl (C=O) groups excluding carboxylic acids is 1. The van der Waals surface area contributed by atoms with Gasteiger partial charge in [0.2, 0.25) is 15.9 Å². The fraction of sp³-hybridized carbons (Fsp3) is 0.176. The first kappa shape index (κ1) is 20.9. The number of aromatic amines is 1. The molecule has 0 fully saturated rings. The maximum Gasteiger partial charge on any atom is 0.242 e. The van der Waals surface area contributed by atoms with Gasteiger partial charge < -0.3 is 10.3 Å². The molecule has 1 aromatic heterocycles. The predicted molar refractivity (Wildman–Crippen MR) is 113 cm³/mol. The lowest BCUT2D eigenvalue weighted by atomic mass is 10.3. The van der Waals surface area contributed by atoms with Crippen LogP contribution in [0.2, 0.25) is 10.0 Å². The van der Waals surface area contributed by atoms with E-state index in [1.807, 2.05) is 0 Å². The molecule has 0 bridgehead atoms. The molecule has 0 atom stereocenters. The van der Waals surface area contributed by atoms with Crippen molar-refractivity contribution in [2.75, 3.05) is 25.2 Å². The second-order valence-electron chi connectivity index (χ2n) is 5.97. The van der Waals surface area contributed by atoms with Crippen LogP contribution in [0.5, 0.6) is 0 Å². The van der Waals surface area contributed by atoms with Crippen LogP contribution in [-0.2, 0) is 14.8 Å². The number of nitrogens with one attached hydrogen (secondary N) is 2. The molecule has 3 aromatic rings. The minimum Gasteiger partial charge on any atom is -0.333 e. The number of hydrogen-bond donors (Lipinski definition) is 2. The summed E-state index contributed by atoms with van der Waals surface area (Å²) >= 11 is 13.3. The predicted octanol–water partition coefficient (Wildman–Crippen LogP) is 3.85. The smallest absolute Gasteiger partial charge is 0.242 e. The van der Waals surface area contributed by atoms with Crippen molar-refractivity contribution in [1.82, 2.24) is 14.3 Å². The number of imidazole rings is 1. The molecule has 2 aromatic carbocycles. The zero-order chi connectivity index (χ0) is 20.5. The Hall–Kier alpha value is -1.78. The van der Waals surface area contributed by atoms with Crippen LogP contribution in [0.4, 0.5) is 5.69 Å². The van der Waals surface area contributed by atoms with E-state index in [4.69, 9.17) is 23.2 Å². The second-order valence-corrected chi connectivity index (χ2v) is 9.93. The number of hydrogen-bond acceptors (Lipinski definition) is 5. The molecule has 0 aliphatic heterocycles. The van der Waals surface area contributed by atoms with E-state index in [-0.39, 0.29) is 27.3 Å². The number of fused-ring (bicyclic) bond motifs is 1. The van der Waals surface area contributed by atoms with E-state index in [0.717, 1.165) is 15.3 Å². The number of benzene rings is 2. The van der Waals surface area contributed by atoms with Crippen molar-refractivity contribution in [3.63, 3.8) is 0 Å². The third-order valence-corrected chi connectivity index (χ3v) is 7.00.